The molecule has 188 valence electrons. The van der Waals surface area contributed by atoms with Crippen molar-refractivity contribution in [2.24, 2.45) is 0 Å². The largest absolute Gasteiger partial charge is 0.350 e. The first-order valence-electron chi connectivity index (χ1n) is 12.0. The van der Waals surface area contributed by atoms with E-state index in [0.29, 0.717) is 12.0 Å². The van der Waals surface area contributed by atoms with Gasteiger partial charge in [-0.3, -0.25) is 19.7 Å². The third kappa shape index (κ3) is 7.25. The van der Waals surface area contributed by atoms with Crippen molar-refractivity contribution in [1.29, 1.82) is 0 Å². The summed E-state index contributed by atoms with van der Waals surface area (Å²) >= 11 is 0. The molecule has 36 heavy (non-hydrogen) atoms. The standard InChI is InChI=1S/C29H33N3O4/c1-21-12-8-9-16-24(21)20-31(27(33)19-23-15-10-11-17-25(23)32(35)36)26(28(34)30-29(2,3)4)18-22-13-6-5-7-14-22/h5-17,26H,18-20H2,1-4H3,(H,30,34). The second kappa shape index (κ2) is 11.6. The van der Waals surface area contributed by atoms with E-state index in [1.54, 1.807) is 23.1 Å². The van der Waals surface area contributed by atoms with E-state index in [0.717, 1.165) is 16.7 Å². The summed E-state index contributed by atoms with van der Waals surface area (Å²) in [5.74, 6) is -0.617. The van der Waals surface area contributed by atoms with Crippen LogP contribution in [-0.4, -0.2) is 33.2 Å². The molecule has 0 spiro atoms. The fourth-order valence-corrected chi connectivity index (χ4v) is 4.08. The molecule has 0 heterocycles. The SMILES string of the molecule is Cc1ccccc1CN(C(=O)Cc1ccccc1[N+](=O)[O-])C(Cc1ccccc1)C(=O)NC(C)(C)C. The van der Waals surface area contributed by atoms with Gasteiger partial charge < -0.3 is 10.2 Å². The van der Waals surface area contributed by atoms with Gasteiger partial charge >= 0.3 is 0 Å². The summed E-state index contributed by atoms with van der Waals surface area (Å²) in [6.45, 7) is 7.85. The van der Waals surface area contributed by atoms with Crippen molar-refractivity contribution in [1.82, 2.24) is 10.2 Å². The molecule has 0 radical (unpaired) electrons. The molecule has 3 rings (SSSR count). The second-order valence-electron chi connectivity index (χ2n) is 9.96. The number of aryl methyl sites for hydroxylation is 1. The Morgan fingerprint density at radius 2 is 1.50 bits per heavy atom. The molecule has 0 aliphatic rings. The van der Waals surface area contributed by atoms with Crippen molar-refractivity contribution in [3.05, 3.63) is 111 Å². The van der Waals surface area contributed by atoms with Crippen molar-refractivity contribution < 1.29 is 14.5 Å². The van der Waals surface area contributed by atoms with Gasteiger partial charge in [0.05, 0.1) is 11.3 Å². The first-order chi connectivity index (χ1) is 17.0. The van der Waals surface area contributed by atoms with Crippen molar-refractivity contribution in [3.63, 3.8) is 0 Å². The second-order valence-corrected chi connectivity index (χ2v) is 9.96. The van der Waals surface area contributed by atoms with E-state index in [9.17, 15) is 19.7 Å². The highest BCUT2D eigenvalue weighted by Gasteiger charge is 2.33. The summed E-state index contributed by atoms with van der Waals surface area (Å²) in [6.07, 6.45) is 0.133. The van der Waals surface area contributed by atoms with Crippen LogP contribution in [0.4, 0.5) is 5.69 Å². The van der Waals surface area contributed by atoms with Crippen LogP contribution in [0, 0.1) is 17.0 Å². The van der Waals surface area contributed by atoms with E-state index < -0.39 is 16.5 Å². The average Bonchev–Trinajstić information content (AvgIpc) is 2.82. The minimum absolute atomic E-state index is 0.111. The lowest BCUT2D eigenvalue weighted by Crippen LogP contribution is -2.54. The molecule has 3 aromatic carbocycles. The number of hydrogen-bond donors (Lipinski definition) is 1. The lowest BCUT2D eigenvalue weighted by Gasteiger charge is -2.34. The van der Waals surface area contributed by atoms with Crippen LogP contribution in [0.5, 0.6) is 0 Å². The van der Waals surface area contributed by atoms with Crippen molar-refractivity contribution in [2.75, 3.05) is 0 Å². The van der Waals surface area contributed by atoms with E-state index in [1.807, 2.05) is 82.3 Å². The summed E-state index contributed by atoms with van der Waals surface area (Å²) in [7, 11) is 0. The van der Waals surface area contributed by atoms with Crippen LogP contribution >= 0.6 is 0 Å². The van der Waals surface area contributed by atoms with E-state index in [-0.39, 0.29) is 30.5 Å². The Bertz CT molecular complexity index is 1220. The minimum Gasteiger partial charge on any atom is -0.350 e. The molecule has 7 heteroatoms. The van der Waals surface area contributed by atoms with E-state index in [4.69, 9.17) is 0 Å². The van der Waals surface area contributed by atoms with Crippen molar-refractivity contribution in [3.8, 4) is 0 Å². The number of benzene rings is 3. The predicted molar refractivity (Wildman–Crippen MR) is 140 cm³/mol. The number of hydrogen-bond acceptors (Lipinski definition) is 4. The van der Waals surface area contributed by atoms with Crippen LogP contribution in [-0.2, 0) is 29.0 Å². The Kier molecular flexibility index (Phi) is 8.59. The molecular weight excluding hydrogens is 454 g/mol. The molecule has 0 aromatic heterocycles. The van der Waals surface area contributed by atoms with Crippen molar-refractivity contribution >= 4 is 17.5 Å². The van der Waals surface area contributed by atoms with Gasteiger partial charge in [-0.2, -0.15) is 0 Å². The van der Waals surface area contributed by atoms with Gasteiger partial charge in [-0.15, -0.1) is 0 Å². The molecule has 1 unspecified atom stereocenters. The van der Waals surface area contributed by atoms with Crippen LogP contribution in [0.1, 0.15) is 43.0 Å². The van der Waals surface area contributed by atoms with Gasteiger partial charge in [-0.1, -0.05) is 72.8 Å². The zero-order valence-corrected chi connectivity index (χ0v) is 21.2. The number of carbonyl (C=O) groups excluding carboxylic acids is 2. The van der Waals surface area contributed by atoms with Gasteiger partial charge in [0.15, 0.2) is 0 Å². The topological polar surface area (TPSA) is 92.6 Å². The molecule has 1 N–H and O–H groups in total. The predicted octanol–water partition coefficient (Wildman–Crippen LogP) is 5.00. The third-order valence-electron chi connectivity index (χ3n) is 5.90. The van der Waals surface area contributed by atoms with Gasteiger partial charge in [-0.25, -0.2) is 0 Å². The first-order valence-corrected chi connectivity index (χ1v) is 12.0. The third-order valence-corrected chi connectivity index (χ3v) is 5.90. The van der Waals surface area contributed by atoms with Gasteiger partial charge in [-0.05, 0) is 44.4 Å². The smallest absolute Gasteiger partial charge is 0.273 e. The fourth-order valence-electron chi connectivity index (χ4n) is 4.08. The summed E-state index contributed by atoms with van der Waals surface area (Å²) in [5, 5.41) is 14.6. The number of para-hydroxylation sites is 1. The zero-order valence-electron chi connectivity index (χ0n) is 21.2. The average molecular weight is 488 g/mol. The number of carbonyl (C=O) groups is 2. The van der Waals surface area contributed by atoms with Gasteiger partial charge in [0.1, 0.15) is 6.04 Å². The lowest BCUT2D eigenvalue weighted by atomic mass is 9.99. The number of nitrogens with one attached hydrogen (secondary N) is 1. The number of nitro groups is 1. The molecule has 3 aromatic rings. The Morgan fingerprint density at radius 1 is 0.917 bits per heavy atom. The maximum atomic E-state index is 13.8. The Labute approximate surface area is 212 Å². The number of rotatable bonds is 9. The number of amides is 2. The summed E-state index contributed by atoms with van der Waals surface area (Å²) < 4.78 is 0. The van der Waals surface area contributed by atoms with Crippen LogP contribution in [0.15, 0.2) is 78.9 Å². The van der Waals surface area contributed by atoms with Crippen LogP contribution in [0.25, 0.3) is 0 Å². The quantitative estimate of drug-likeness (QED) is 0.340. The number of nitrogens with zero attached hydrogens (tertiary/aromatic N) is 2. The molecule has 0 saturated heterocycles. The molecule has 0 bridgehead atoms. The van der Waals surface area contributed by atoms with Gasteiger partial charge in [0.2, 0.25) is 11.8 Å². The molecule has 0 fully saturated rings. The summed E-state index contributed by atoms with van der Waals surface area (Å²) in [6, 6.07) is 22.7. The highest BCUT2D eigenvalue weighted by atomic mass is 16.6. The molecule has 0 saturated carbocycles. The normalized spacial score (nSPS) is 12.0. The van der Waals surface area contributed by atoms with E-state index >= 15 is 0 Å². The molecule has 0 aliphatic carbocycles. The Balaban J connectivity index is 2.05. The maximum Gasteiger partial charge on any atom is 0.273 e. The van der Waals surface area contributed by atoms with Crippen molar-refractivity contribution in [2.45, 2.75) is 58.7 Å². The Morgan fingerprint density at radius 3 is 2.11 bits per heavy atom. The first kappa shape index (κ1) is 26.6. The van der Waals surface area contributed by atoms with E-state index in [2.05, 4.69) is 5.32 Å². The number of nitro benzene ring substituents is 1. The maximum absolute atomic E-state index is 13.8. The monoisotopic (exact) mass is 487 g/mol. The van der Waals surface area contributed by atoms with E-state index in [1.165, 1.54) is 6.07 Å². The molecule has 2 amide bonds. The highest BCUT2D eigenvalue weighted by molar-refractivity contribution is 5.89. The summed E-state index contributed by atoms with van der Waals surface area (Å²) in [5.41, 5.74) is 2.53. The molecule has 0 aliphatic heterocycles. The zero-order chi connectivity index (χ0) is 26.3. The lowest BCUT2D eigenvalue weighted by molar-refractivity contribution is -0.385. The highest BCUT2D eigenvalue weighted by Crippen LogP contribution is 2.22. The van der Waals surface area contributed by atoms with Gasteiger partial charge in [0.25, 0.3) is 5.69 Å². The molecular formula is C29H33N3O4. The van der Waals surface area contributed by atoms with Crippen LogP contribution < -0.4 is 5.32 Å². The van der Waals surface area contributed by atoms with Crippen LogP contribution in [0.3, 0.4) is 0 Å². The summed E-state index contributed by atoms with van der Waals surface area (Å²) in [4.78, 5) is 40.1. The van der Waals surface area contributed by atoms with Crippen LogP contribution in [0.2, 0.25) is 0 Å². The molecule has 1 atom stereocenters. The Hall–Kier alpha value is -4.00. The fraction of sp³-hybridized carbons (Fsp3) is 0.310. The van der Waals surface area contributed by atoms with Gasteiger partial charge in [0, 0.05) is 30.1 Å². The molecule has 7 nitrogen and oxygen atoms in total. The minimum atomic E-state index is -0.804.